The number of hydrogen-bond donors (Lipinski definition) is 1. The van der Waals surface area contributed by atoms with Gasteiger partial charge in [0.25, 0.3) is 0 Å². The van der Waals surface area contributed by atoms with E-state index in [0.717, 1.165) is 29.7 Å². The summed E-state index contributed by atoms with van der Waals surface area (Å²) in [4.78, 5) is 12.2. The Morgan fingerprint density at radius 3 is 2.61 bits per heavy atom. The topological polar surface area (TPSA) is 66.5 Å². The molecule has 1 aliphatic heterocycles. The molecule has 28 heavy (non-hydrogen) atoms. The highest BCUT2D eigenvalue weighted by Gasteiger charge is 2.33. The van der Waals surface area contributed by atoms with Gasteiger partial charge in [-0.05, 0) is 29.5 Å². The number of benzene rings is 1. The second kappa shape index (κ2) is 8.76. The third-order valence-corrected chi connectivity index (χ3v) is 5.34. The molecular formula is C21H28Cl2N2O3. The summed E-state index contributed by atoms with van der Waals surface area (Å²) in [5.41, 5.74) is 8.94. The zero-order chi connectivity index (χ0) is 19.8. The molecule has 0 bridgehead atoms. The Kier molecular flexibility index (Phi) is 7.07. The zero-order valence-electron chi connectivity index (χ0n) is 16.8. The van der Waals surface area contributed by atoms with Gasteiger partial charge in [0, 0.05) is 44.0 Å². The number of fused-ring (bicyclic) bond motifs is 3. The number of halogens is 2. The quantitative estimate of drug-likeness (QED) is 0.701. The number of ether oxygens (including phenoxy) is 2. The Balaban J connectivity index is 0.00000280. The van der Waals surface area contributed by atoms with Crippen molar-refractivity contribution in [1.29, 1.82) is 0 Å². The Morgan fingerprint density at radius 2 is 1.96 bits per heavy atom. The van der Waals surface area contributed by atoms with Gasteiger partial charge in [0.15, 0.2) is 0 Å². The molecule has 5 nitrogen and oxygen atoms in total. The molecule has 0 radical (unpaired) electrons. The molecule has 0 fully saturated rings. The first kappa shape index (κ1) is 22.6. The van der Waals surface area contributed by atoms with Crippen molar-refractivity contribution in [2.45, 2.75) is 39.7 Å². The summed E-state index contributed by atoms with van der Waals surface area (Å²) in [5, 5.41) is 0.538. The van der Waals surface area contributed by atoms with Crippen molar-refractivity contribution in [2.75, 3.05) is 26.1 Å². The first-order valence-electron chi connectivity index (χ1n) is 9.18. The van der Waals surface area contributed by atoms with E-state index >= 15 is 0 Å². The number of anilines is 1. The second-order valence-electron chi connectivity index (χ2n) is 8.11. The molecule has 0 saturated heterocycles. The molecule has 154 valence electrons. The van der Waals surface area contributed by atoms with Crippen molar-refractivity contribution in [2.24, 2.45) is 5.41 Å². The first-order chi connectivity index (χ1) is 12.7. The summed E-state index contributed by atoms with van der Waals surface area (Å²) in [6, 6.07) is 5.68. The molecule has 3 rings (SSSR count). The maximum Gasteiger partial charge on any atom is 0.205 e. The van der Waals surface area contributed by atoms with E-state index in [4.69, 9.17) is 26.8 Å². The van der Waals surface area contributed by atoms with Crippen molar-refractivity contribution in [3.63, 3.8) is 0 Å². The molecule has 1 aliphatic rings. The van der Waals surface area contributed by atoms with Crippen LogP contribution in [-0.2, 0) is 11.2 Å². The van der Waals surface area contributed by atoms with Crippen molar-refractivity contribution in [3.05, 3.63) is 45.2 Å². The number of nitrogens with zero attached hydrogens (tertiary/aromatic N) is 1. The average molecular weight is 427 g/mol. The Hall–Kier alpha value is -1.69. The monoisotopic (exact) mass is 426 g/mol. The molecule has 1 aromatic heterocycles. The molecule has 1 aromatic carbocycles. The predicted molar refractivity (Wildman–Crippen MR) is 117 cm³/mol. The molecule has 0 aliphatic carbocycles. The minimum absolute atomic E-state index is 0. The average Bonchev–Trinajstić information content (AvgIpc) is 2.59. The van der Waals surface area contributed by atoms with E-state index in [2.05, 4.69) is 25.3 Å². The normalized spacial score (nSPS) is 15.4. The summed E-state index contributed by atoms with van der Waals surface area (Å²) < 4.78 is 13.0. The smallest absolute Gasteiger partial charge is 0.205 e. The third kappa shape index (κ3) is 4.48. The Morgan fingerprint density at radius 1 is 1.25 bits per heavy atom. The van der Waals surface area contributed by atoms with Crippen molar-refractivity contribution in [3.8, 4) is 17.0 Å². The van der Waals surface area contributed by atoms with Crippen LogP contribution in [-0.4, -0.2) is 24.9 Å². The predicted octanol–water partition coefficient (Wildman–Crippen LogP) is 4.73. The lowest BCUT2D eigenvalue weighted by Crippen LogP contribution is -2.32. The highest BCUT2D eigenvalue weighted by molar-refractivity contribution is 6.32. The van der Waals surface area contributed by atoms with Gasteiger partial charge in [-0.15, -0.1) is 12.4 Å². The maximum absolute atomic E-state index is 12.2. The van der Waals surface area contributed by atoms with Crippen molar-refractivity contribution in [1.82, 2.24) is 4.57 Å². The van der Waals surface area contributed by atoms with Gasteiger partial charge in [0.2, 0.25) is 5.43 Å². The van der Waals surface area contributed by atoms with E-state index < -0.39 is 0 Å². The fourth-order valence-electron chi connectivity index (χ4n) is 3.57. The molecule has 2 heterocycles. The highest BCUT2D eigenvalue weighted by atomic mass is 35.5. The van der Waals surface area contributed by atoms with Gasteiger partial charge in [0.1, 0.15) is 5.75 Å². The van der Waals surface area contributed by atoms with Crippen LogP contribution < -0.4 is 15.9 Å². The molecular weight excluding hydrogens is 399 g/mol. The van der Waals surface area contributed by atoms with E-state index in [0.29, 0.717) is 24.0 Å². The van der Waals surface area contributed by atoms with E-state index in [-0.39, 0.29) is 35.0 Å². The number of rotatable bonds is 5. The minimum atomic E-state index is -0.169. The van der Waals surface area contributed by atoms with E-state index in [1.807, 2.05) is 12.1 Å². The number of pyridine rings is 1. The fourth-order valence-corrected chi connectivity index (χ4v) is 3.79. The fraction of sp³-hybridized carbons (Fsp3) is 0.476. The van der Waals surface area contributed by atoms with Gasteiger partial charge >= 0.3 is 0 Å². The first-order valence-corrected chi connectivity index (χ1v) is 9.56. The van der Waals surface area contributed by atoms with Gasteiger partial charge < -0.3 is 19.8 Å². The summed E-state index contributed by atoms with van der Waals surface area (Å²) in [6.07, 6.45) is 3.38. The van der Waals surface area contributed by atoms with Crippen LogP contribution in [0.15, 0.2) is 29.2 Å². The number of methoxy groups -OCH3 is 1. The van der Waals surface area contributed by atoms with E-state index in [1.54, 1.807) is 19.4 Å². The summed E-state index contributed by atoms with van der Waals surface area (Å²) >= 11 is 6.47. The van der Waals surface area contributed by atoms with Crippen LogP contribution in [0.3, 0.4) is 0 Å². The molecule has 2 aromatic rings. The minimum Gasteiger partial charge on any atom is -0.492 e. The molecule has 2 N–H and O–H groups in total. The molecule has 0 amide bonds. The van der Waals surface area contributed by atoms with Gasteiger partial charge in [-0.25, -0.2) is 0 Å². The maximum atomic E-state index is 12.2. The lowest BCUT2D eigenvalue weighted by molar-refractivity contribution is 0.172. The summed E-state index contributed by atoms with van der Waals surface area (Å²) in [5.74, 6) is 0.672. The van der Waals surface area contributed by atoms with Crippen LogP contribution in [0.2, 0.25) is 5.02 Å². The molecule has 0 saturated carbocycles. The third-order valence-electron chi connectivity index (χ3n) is 5.04. The van der Waals surface area contributed by atoms with Crippen LogP contribution in [0.4, 0.5) is 5.69 Å². The molecule has 7 heteroatoms. The van der Waals surface area contributed by atoms with Gasteiger partial charge in [-0.1, -0.05) is 32.4 Å². The largest absolute Gasteiger partial charge is 0.492 e. The van der Waals surface area contributed by atoms with Gasteiger partial charge in [-0.2, -0.15) is 0 Å². The van der Waals surface area contributed by atoms with Crippen LogP contribution >= 0.6 is 24.0 Å². The Labute approximate surface area is 177 Å². The Bertz CT molecular complexity index is 904. The molecule has 1 unspecified atom stereocenters. The van der Waals surface area contributed by atoms with Crippen LogP contribution in [0.25, 0.3) is 11.3 Å². The van der Waals surface area contributed by atoms with Gasteiger partial charge in [0.05, 0.1) is 23.0 Å². The van der Waals surface area contributed by atoms with Gasteiger partial charge in [-0.3, -0.25) is 4.79 Å². The highest BCUT2D eigenvalue weighted by Crippen LogP contribution is 2.45. The number of hydrogen-bond acceptors (Lipinski definition) is 4. The van der Waals surface area contributed by atoms with Crippen molar-refractivity contribution < 1.29 is 9.47 Å². The standard InChI is InChI=1S/C21H27ClN2O3.ClH/c1-21(2,3)20-9-13-8-19(27-7-5-6-26-4)15(22)10-14(13)17-11-18(25)16(23)12-24(17)20;/h8,10-12,20H,5-7,9,23H2,1-4H3;1H. The zero-order valence-corrected chi connectivity index (χ0v) is 18.3. The van der Waals surface area contributed by atoms with Crippen LogP contribution in [0, 0.1) is 5.41 Å². The number of nitrogens with two attached hydrogens (primary N) is 1. The van der Waals surface area contributed by atoms with Crippen LogP contribution in [0.5, 0.6) is 5.75 Å². The van der Waals surface area contributed by atoms with Crippen LogP contribution in [0.1, 0.15) is 38.8 Å². The lowest BCUT2D eigenvalue weighted by Gasteiger charge is -2.39. The molecule has 1 atom stereocenters. The molecule has 0 spiro atoms. The van der Waals surface area contributed by atoms with Crippen molar-refractivity contribution >= 4 is 29.7 Å². The van der Waals surface area contributed by atoms with E-state index in [9.17, 15) is 4.79 Å². The number of nitrogen functional groups attached to an aromatic ring is 1. The SMILES string of the molecule is COCCCOc1cc2c(cc1Cl)-c1cc(=O)c(N)cn1C(C(C)(C)C)C2.Cl. The second-order valence-corrected chi connectivity index (χ2v) is 8.51. The summed E-state index contributed by atoms with van der Waals surface area (Å²) in [6.45, 7) is 7.77. The number of aromatic nitrogens is 1. The summed E-state index contributed by atoms with van der Waals surface area (Å²) in [7, 11) is 1.67. The lowest BCUT2D eigenvalue weighted by atomic mass is 9.79. The van der Waals surface area contributed by atoms with E-state index in [1.165, 1.54) is 0 Å².